The molecular weight excluding hydrogens is 177 g/mol. The molecule has 0 aromatic carbocycles. The van der Waals surface area contributed by atoms with Crippen LogP contribution in [0.2, 0.25) is 0 Å². The molecule has 0 N–H and O–H groups in total. The van der Waals surface area contributed by atoms with E-state index in [9.17, 15) is 0 Å². The van der Waals surface area contributed by atoms with Gasteiger partial charge in [0.15, 0.2) is 0 Å². The van der Waals surface area contributed by atoms with Gasteiger partial charge >= 0.3 is 19.5 Å². The van der Waals surface area contributed by atoms with E-state index in [0.29, 0.717) is 0 Å². The molecule has 10 heavy (non-hydrogen) atoms. The summed E-state index contributed by atoms with van der Waals surface area (Å²) in [7, 11) is 3.95. The Morgan fingerprint density at radius 3 is 2.30 bits per heavy atom. The maximum atomic E-state index is 4.10. The standard InChI is InChI=1S/C7H10N2.Zn/c1-9(2)7-5-3-4-6-8-7;/h3-6H,1-2H3;/q;+2. The largest absolute Gasteiger partial charge is 2.00 e. The third-order valence-electron chi connectivity index (χ3n) is 1.11. The molecule has 0 aliphatic rings. The van der Waals surface area contributed by atoms with Gasteiger partial charge in [-0.2, -0.15) is 0 Å². The van der Waals surface area contributed by atoms with Crippen LogP contribution in [0.1, 0.15) is 0 Å². The molecular formula is C7H10N2Zn+2. The molecule has 0 amide bonds. The zero-order valence-corrected chi connectivity index (χ0v) is 9.38. The first-order valence-corrected chi connectivity index (χ1v) is 2.89. The summed E-state index contributed by atoms with van der Waals surface area (Å²) in [5, 5.41) is 0. The minimum atomic E-state index is 0. The van der Waals surface area contributed by atoms with Gasteiger partial charge in [0.1, 0.15) is 5.82 Å². The van der Waals surface area contributed by atoms with E-state index >= 15 is 0 Å². The van der Waals surface area contributed by atoms with Crippen LogP contribution in [-0.2, 0) is 19.5 Å². The number of hydrogen-bond donors (Lipinski definition) is 0. The van der Waals surface area contributed by atoms with Crippen molar-refractivity contribution in [2.45, 2.75) is 0 Å². The van der Waals surface area contributed by atoms with Crippen LogP contribution in [-0.4, -0.2) is 19.1 Å². The molecule has 2 nitrogen and oxygen atoms in total. The Morgan fingerprint density at radius 1 is 1.30 bits per heavy atom. The molecule has 0 aliphatic heterocycles. The van der Waals surface area contributed by atoms with Gasteiger partial charge < -0.3 is 4.90 Å². The Hall–Kier alpha value is -0.427. The van der Waals surface area contributed by atoms with Crippen LogP contribution in [0, 0.1) is 0 Å². The zero-order valence-electron chi connectivity index (χ0n) is 6.41. The molecule has 1 heterocycles. The minimum absolute atomic E-state index is 0. The summed E-state index contributed by atoms with van der Waals surface area (Å²) in [5.74, 6) is 0.998. The van der Waals surface area contributed by atoms with Gasteiger partial charge in [-0.3, -0.25) is 0 Å². The van der Waals surface area contributed by atoms with Gasteiger partial charge in [-0.15, -0.1) is 0 Å². The molecule has 1 aromatic rings. The Bertz CT molecular complexity index is 174. The fourth-order valence-corrected chi connectivity index (χ4v) is 0.618. The van der Waals surface area contributed by atoms with E-state index < -0.39 is 0 Å². The normalized spacial score (nSPS) is 8.20. The molecule has 0 saturated heterocycles. The van der Waals surface area contributed by atoms with Crippen LogP contribution in [0.5, 0.6) is 0 Å². The second-order valence-electron chi connectivity index (χ2n) is 2.08. The average Bonchev–Trinajstić information content (AvgIpc) is 1.90. The van der Waals surface area contributed by atoms with Crippen molar-refractivity contribution in [1.29, 1.82) is 0 Å². The van der Waals surface area contributed by atoms with Crippen LogP contribution >= 0.6 is 0 Å². The van der Waals surface area contributed by atoms with Crippen LogP contribution in [0.25, 0.3) is 0 Å². The maximum absolute atomic E-state index is 4.10. The first-order valence-electron chi connectivity index (χ1n) is 2.89. The van der Waals surface area contributed by atoms with Gasteiger partial charge in [0.05, 0.1) is 0 Å². The monoisotopic (exact) mass is 186 g/mol. The van der Waals surface area contributed by atoms with Crippen molar-refractivity contribution in [3.63, 3.8) is 0 Å². The van der Waals surface area contributed by atoms with E-state index in [2.05, 4.69) is 4.98 Å². The maximum Gasteiger partial charge on any atom is 2.00 e. The minimum Gasteiger partial charge on any atom is -0.363 e. The van der Waals surface area contributed by atoms with E-state index in [1.165, 1.54) is 0 Å². The third kappa shape index (κ3) is 2.44. The van der Waals surface area contributed by atoms with Gasteiger partial charge in [0, 0.05) is 20.3 Å². The average molecular weight is 188 g/mol. The summed E-state index contributed by atoms with van der Waals surface area (Å²) in [6, 6.07) is 5.86. The van der Waals surface area contributed by atoms with Crippen molar-refractivity contribution >= 4 is 5.82 Å². The predicted octanol–water partition coefficient (Wildman–Crippen LogP) is 1.15. The van der Waals surface area contributed by atoms with Gasteiger partial charge in [0.25, 0.3) is 0 Å². The molecule has 0 saturated carbocycles. The number of hydrogen-bond acceptors (Lipinski definition) is 2. The quantitative estimate of drug-likeness (QED) is 0.613. The van der Waals surface area contributed by atoms with E-state index in [-0.39, 0.29) is 19.5 Å². The van der Waals surface area contributed by atoms with Crippen molar-refractivity contribution in [2.24, 2.45) is 0 Å². The van der Waals surface area contributed by atoms with E-state index in [1.807, 2.05) is 37.2 Å². The van der Waals surface area contributed by atoms with Gasteiger partial charge in [0.2, 0.25) is 0 Å². The smallest absolute Gasteiger partial charge is 0.363 e. The Balaban J connectivity index is 0.000000810. The molecule has 0 fully saturated rings. The Kier molecular flexibility index (Phi) is 4.21. The summed E-state index contributed by atoms with van der Waals surface area (Å²) in [4.78, 5) is 6.08. The first-order chi connectivity index (χ1) is 4.30. The van der Waals surface area contributed by atoms with Crippen molar-refractivity contribution in [1.82, 2.24) is 4.98 Å². The van der Waals surface area contributed by atoms with Crippen molar-refractivity contribution < 1.29 is 19.5 Å². The van der Waals surface area contributed by atoms with Gasteiger partial charge in [-0.05, 0) is 12.1 Å². The molecule has 0 spiro atoms. The van der Waals surface area contributed by atoms with Crippen molar-refractivity contribution in [3.8, 4) is 0 Å². The molecule has 3 heteroatoms. The van der Waals surface area contributed by atoms with Crippen molar-refractivity contribution in [3.05, 3.63) is 24.4 Å². The fourth-order valence-electron chi connectivity index (χ4n) is 0.618. The Morgan fingerprint density at radius 2 is 2.00 bits per heavy atom. The first kappa shape index (κ1) is 9.57. The van der Waals surface area contributed by atoms with E-state index in [0.717, 1.165) is 5.82 Å². The SMILES string of the molecule is CN(C)c1ccccn1.[Zn+2]. The van der Waals surface area contributed by atoms with Gasteiger partial charge in [-0.1, -0.05) is 6.07 Å². The molecule has 0 radical (unpaired) electrons. The summed E-state index contributed by atoms with van der Waals surface area (Å²) >= 11 is 0. The van der Waals surface area contributed by atoms with Crippen molar-refractivity contribution in [2.75, 3.05) is 19.0 Å². The van der Waals surface area contributed by atoms with Crippen LogP contribution < -0.4 is 4.90 Å². The van der Waals surface area contributed by atoms with E-state index in [4.69, 9.17) is 0 Å². The molecule has 1 aromatic heterocycles. The Labute approximate surface area is 74.0 Å². The van der Waals surface area contributed by atoms with Crippen LogP contribution in [0.4, 0.5) is 5.82 Å². The number of rotatable bonds is 1. The summed E-state index contributed by atoms with van der Waals surface area (Å²) < 4.78 is 0. The molecule has 1 rings (SSSR count). The summed E-state index contributed by atoms with van der Waals surface area (Å²) in [5.41, 5.74) is 0. The molecule has 48 valence electrons. The van der Waals surface area contributed by atoms with Gasteiger partial charge in [-0.25, -0.2) is 4.98 Å². The van der Waals surface area contributed by atoms with Crippen LogP contribution in [0.3, 0.4) is 0 Å². The second kappa shape index (κ2) is 4.40. The summed E-state index contributed by atoms with van der Waals surface area (Å²) in [6.45, 7) is 0. The topological polar surface area (TPSA) is 16.1 Å². The number of pyridine rings is 1. The number of aromatic nitrogens is 1. The molecule has 0 atom stereocenters. The molecule has 0 unspecified atom stereocenters. The fraction of sp³-hybridized carbons (Fsp3) is 0.286. The molecule has 0 bridgehead atoms. The predicted molar refractivity (Wildman–Crippen MR) is 38.6 cm³/mol. The van der Waals surface area contributed by atoms with E-state index in [1.54, 1.807) is 6.20 Å². The zero-order chi connectivity index (χ0) is 6.69. The number of anilines is 1. The molecule has 0 aliphatic carbocycles. The third-order valence-corrected chi connectivity index (χ3v) is 1.11. The van der Waals surface area contributed by atoms with Crippen LogP contribution in [0.15, 0.2) is 24.4 Å². The second-order valence-corrected chi connectivity index (χ2v) is 2.08. The summed E-state index contributed by atoms with van der Waals surface area (Å²) in [6.07, 6.45) is 1.79. The number of nitrogens with zero attached hydrogens (tertiary/aromatic N) is 2.